The molecular formula is C20H18N2O3. The topological polar surface area (TPSA) is 57.7 Å². The van der Waals surface area contributed by atoms with Crippen molar-refractivity contribution in [2.24, 2.45) is 0 Å². The molecule has 2 aromatic rings. The number of carbonyl (C=O) groups is 3. The third-order valence-electron chi connectivity index (χ3n) is 5.19. The van der Waals surface area contributed by atoms with Gasteiger partial charge in [0, 0.05) is 24.8 Å². The molecule has 2 aromatic carbocycles. The Balaban J connectivity index is 1.66. The van der Waals surface area contributed by atoms with Gasteiger partial charge in [-0.1, -0.05) is 48.5 Å². The highest BCUT2D eigenvalue weighted by molar-refractivity contribution is 6.28. The van der Waals surface area contributed by atoms with Gasteiger partial charge in [-0.3, -0.25) is 19.3 Å². The summed E-state index contributed by atoms with van der Waals surface area (Å²) < 4.78 is 0. The highest BCUT2D eigenvalue weighted by Crippen LogP contribution is 2.47. The first-order valence-electron chi connectivity index (χ1n) is 8.32. The van der Waals surface area contributed by atoms with E-state index >= 15 is 0 Å². The van der Waals surface area contributed by atoms with Crippen LogP contribution in [0.2, 0.25) is 0 Å². The average molecular weight is 334 g/mol. The van der Waals surface area contributed by atoms with E-state index in [-0.39, 0.29) is 18.2 Å². The lowest BCUT2D eigenvalue weighted by Gasteiger charge is -2.21. The summed E-state index contributed by atoms with van der Waals surface area (Å²) >= 11 is 0. The molecule has 1 atom stereocenters. The largest absolute Gasteiger partial charge is 0.314 e. The number of anilines is 1. The highest BCUT2D eigenvalue weighted by Gasteiger charge is 2.62. The number of carbonyl (C=O) groups excluding carboxylic acids is 3. The second-order valence-corrected chi connectivity index (χ2v) is 6.55. The molecule has 0 unspecified atom stereocenters. The van der Waals surface area contributed by atoms with Gasteiger partial charge >= 0.3 is 0 Å². The average Bonchev–Trinajstić information content (AvgIpc) is 3.02. The zero-order valence-corrected chi connectivity index (χ0v) is 13.9. The van der Waals surface area contributed by atoms with E-state index in [4.69, 9.17) is 0 Å². The van der Waals surface area contributed by atoms with Crippen LogP contribution in [0.25, 0.3) is 0 Å². The molecule has 2 aliphatic rings. The first-order valence-corrected chi connectivity index (χ1v) is 8.32. The summed E-state index contributed by atoms with van der Waals surface area (Å²) in [6.07, 6.45) is 0.501. The summed E-state index contributed by atoms with van der Waals surface area (Å²) in [5, 5.41) is 0. The van der Waals surface area contributed by atoms with Crippen molar-refractivity contribution in [3.63, 3.8) is 0 Å². The van der Waals surface area contributed by atoms with E-state index < -0.39 is 11.3 Å². The summed E-state index contributed by atoms with van der Waals surface area (Å²) in [7, 11) is 1.65. The number of likely N-dealkylation sites (tertiary alicyclic amines) is 1. The van der Waals surface area contributed by atoms with Crippen LogP contribution in [0.1, 0.15) is 17.5 Å². The van der Waals surface area contributed by atoms with Gasteiger partial charge in [0.05, 0.1) is 6.42 Å². The minimum atomic E-state index is -1.38. The van der Waals surface area contributed by atoms with E-state index in [9.17, 15) is 14.4 Å². The van der Waals surface area contributed by atoms with E-state index in [2.05, 4.69) is 0 Å². The van der Waals surface area contributed by atoms with Crippen molar-refractivity contribution in [3.05, 3.63) is 65.7 Å². The Labute approximate surface area is 145 Å². The minimum absolute atomic E-state index is 0.0825. The molecule has 2 aliphatic heterocycles. The Hall–Kier alpha value is -2.95. The molecule has 3 amide bonds. The van der Waals surface area contributed by atoms with E-state index in [0.717, 1.165) is 5.56 Å². The molecule has 0 aromatic heterocycles. The van der Waals surface area contributed by atoms with E-state index in [1.807, 2.05) is 42.5 Å². The summed E-state index contributed by atoms with van der Waals surface area (Å²) in [6, 6.07) is 16.9. The van der Waals surface area contributed by atoms with Crippen LogP contribution in [-0.2, 0) is 26.2 Å². The first kappa shape index (κ1) is 15.6. The fourth-order valence-corrected chi connectivity index (χ4v) is 3.87. The number of imide groups is 1. The molecule has 25 heavy (non-hydrogen) atoms. The third-order valence-corrected chi connectivity index (χ3v) is 5.19. The van der Waals surface area contributed by atoms with Gasteiger partial charge < -0.3 is 4.90 Å². The zero-order chi connectivity index (χ0) is 17.6. The minimum Gasteiger partial charge on any atom is -0.314 e. The normalized spacial score (nSPS) is 22.2. The van der Waals surface area contributed by atoms with Crippen molar-refractivity contribution in [3.8, 4) is 0 Å². The van der Waals surface area contributed by atoms with Gasteiger partial charge in [0.15, 0.2) is 5.41 Å². The summed E-state index contributed by atoms with van der Waals surface area (Å²) in [5.41, 5.74) is 1.03. The lowest BCUT2D eigenvalue weighted by Crippen LogP contribution is -2.45. The molecule has 1 spiro atoms. The second kappa shape index (κ2) is 5.55. The molecule has 0 radical (unpaired) electrons. The number of hydrogen-bond donors (Lipinski definition) is 0. The molecule has 0 saturated carbocycles. The summed E-state index contributed by atoms with van der Waals surface area (Å²) in [5.74, 6) is -0.983. The Bertz CT molecular complexity index is 878. The predicted molar refractivity (Wildman–Crippen MR) is 93.0 cm³/mol. The number of nitrogens with zero attached hydrogens (tertiary/aromatic N) is 2. The monoisotopic (exact) mass is 334 g/mol. The number of para-hydroxylation sites is 1. The van der Waals surface area contributed by atoms with Crippen molar-refractivity contribution in [2.45, 2.75) is 18.3 Å². The SMILES string of the molecule is CN1C(=O)[C@@]2(CC(=O)N(CCc3ccccc3)C2=O)c2ccccc21. The molecule has 2 heterocycles. The quantitative estimate of drug-likeness (QED) is 0.636. The molecule has 126 valence electrons. The van der Waals surface area contributed by atoms with Crippen molar-refractivity contribution in [1.82, 2.24) is 4.90 Å². The van der Waals surface area contributed by atoms with Crippen LogP contribution in [0.5, 0.6) is 0 Å². The summed E-state index contributed by atoms with van der Waals surface area (Å²) in [4.78, 5) is 41.3. The number of benzene rings is 2. The van der Waals surface area contributed by atoms with E-state index in [1.54, 1.807) is 19.2 Å². The lowest BCUT2D eigenvalue weighted by molar-refractivity contribution is -0.141. The third kappa shape index (κ3) is 2.12. The highest BCUT2D eigenvalue weighted by atomic mass is 16.2. The van der Waals surface area contributed by atoms with Gasteiger partial charge in [-0.15, -0.1) is 0 Å². The van der Waals surface area contributed by atoms with Gasteiger partial charge in [-0.05, 0) is 18.1 Å². The molecule has 1 fully saturated rings. The van der Waals surface area contributed by atoms with Crippen LogP contribution in [-0.4, -0.2) is 36.2 Å². The predicted octanol–water partition coefficient (Wildman–Crippen LogP) is 1.90. The molecule has 5 nitrogen and oxygen atoms in total. The standard InChI is InChI=1S/C20H18N2O3/c1-21-16-10-6-5-9-15(16)20(18(21)24)13-17(23)22(19(20)25)12-11-14-7-3-2-4-8-14/h2-10H,11-13H2,1H3/t20-/m1/s1. The van der Waals surface area contributed by atoms with Crippen molar-refractivity contribution < 1.29 is 14.4 Å². The van der Waals surface area contributed by atoms with Crippen LogP contribution < -0.4 is 4.90 Å². The number of hydrogen-bond acceptors (Lipinski definition) is 3. The molecule has 5 heteroatoms. The lowest BCUT2D eigenvalue weighted by atomic mass is 9.80. The number of rotatable bonds is 3. The molecule has 0 N–H and O–H groups in total. The van der Waals surface area contributed by atoms with Gasteiger partial charge in [0.1, 0.15) is 0 Å². The van der Waals surface area contributed by atoms with Crippen molar-refractivity contribution >= 4 is 23.4 Å². The molecule has 4 rings (SSSR count). The zero-order valence-electron chi connectivity index (χ0n) is 13.9. The Morgan fingerprint density at radius 1 is 0.920 bits per heavy atom. The first-order chi connectivity index (χ1) is 12.1. The Morgan fingerprint density at radius 2 is 1.60 bits per heavy atom. The smallest absolute Gasteiger partial charge is 0.250 e. The maximum absolute atomic E-state index is 13.1. The van der Waals surface area contributed by atoms with Crippen LogP contribution in [0.3, 0.4) is 0 Å². The Kier molecular flexibility index (Phi) is 3.46. The maximum Gasteiger partial charge on any atom is 0.250 e. The van der Waals surface area contributed by atoms with Gasteiger partial charge in [-0.2, -0.15) is 0 Å². The second-order valence-electron chi connectivity index (χ2n) is 6.55. The summed E-state index contributed by atoms with van der Waals surface area (Å²) in [6.45, 7) is 0.294. The molecular weight excluding hydrogens is 316 g/mol. The number of fused-ring (bicyclic) bond motifs is 2. The van der Waals surface area contributed by atoms with Crippen LogP contribution >= 0.6 is 0 Å². The molecule has 0 bridgehead atoms. The Morgan fingerprint density at radius 3 is 2.36 bits per heavy atom. The van der Waals surface area contributed by atoms with Crippen molar-refractivity contribution in [1.29, 1.82) is 0 Å². The van der Waals surface area contributed by atoms with E-state index in [0.29, 0.717) is 24.2 Å². The fraction of sp³-hybridized carbons (Fsp3) is 0.250. The van der Waals surface area contributed by atoms with Gasteiger partial charge in [0.2, 0.25) is 17.7 Å². The van der Waals surface area contributed by atoms with Crippen molar-refractivity contribution in [2.75, 3.05) is 18.5 Å². The fourth-order valence-electron chi connectivity index (χ4n) is 3.87. The molecule has 1 saturated heterocycles. The van der Waals surface area contributed by atoms with Gasteiger partial charge in [0.25, 0.3) is 0 Å². The van der Waals surface area contributed by atoms with Crippen LogP contribution in [0.4, 0.5) is 5.69 Å². The van der Waals surface area contributed by atoms with E-state index in [1.165, 1.54) is 9.80 Å². The molecule has 0 aliphatic carbocycles. The van der Waals surface area contributed by atoms with Crippen LogP contribution in [0.15, 0.2) is 54.6 Å². The maximum atomic E-state index is 13.1. The van der Waals surface area contributed by atoms with Crippen LogP contribution in [0, 0.1) is 0 Å². The number of amides is 3. The number of likely N-dealkylation sites (N-methyl/N-ethyl adjacent to an activating group) is 1. The van der Waals surface area contributed by atoms with Gasteiger partial charge in [-0.25, -0.2) is 0 Å².